The van der Waals surface area contributed by atoms with E-state index in [1.807, 2.05) is 43.3 Å². The SMILES string of the molecule is Cc1cccc(Oc2ccc(CNCC(C)C)nn2)c1. The molecule has 0 saturated carbocycles. The van der Waals surface area contributed by atoms with E-state index >= 15 is 0 Å². The van der Waals surface area contributed by atoms with Crippen molar-refractivity contribution in [2.75, 3.05) is 6.54 Å². The van der Waals surface area contributed by atoms with Gasteiger partial charge >= 0.3 is 0 Å². The van der Waals surface area contributed by atoms with E-state index in [0.29, 0.717) is 11.8 Å². The molecule has 4 heteroatoms. The average molecular weight is 271 g/mol. The Morgan fingerprint density at radius 3 is 2.65 bits per heavy atom. The molecular weight excluding hydrogens is 250 g/mol. The smallest absolute Gasteiger partial charge is 0.238 e. The fourth-order valence-electron chi connectivity index (χ4n) is 1.78. The monoisotopic (exact) mass is 271 g/mol. The lowest BCUT2D eigenvalue weighted by Gasteiger charge is -2.07. The van der Waals surface area contributed by atoms with Crippen LogP contribution in [0.2, 0.25) is 0 Å². The summed E-state index contributed by atoms with van der Waals surface area (Å²) in [5.41, 5.74) is 2.08. The van der Waals surface area contributed by atoms with Crippen molar-refractivity contribution in [3.63, 3.8) is 0 Å². The Labute approximate surface area is 120 Å². The zero-order chi connectivity index (χ0) is 14.4. The van der Waals surface area contributed by atoms with Gasteiger partial charge in [0.05, 0.1) is 5.69 Å². The second kappa shape index (κ2) is 7.01. The quantitative estimate of drug-likeness (QED) is 0.875. The Hall–Kier alpha value is -1.94. The van der Waals surface area contributed by atoms with Crippen LogP contribution in [0.4, 0.5) is 0 Å². The van der Waals surface area contributed by atoms with E-state index in [0.717, 1.165) is 30.1 Å². The maximum absolute atomic E-state index is 5.66. The molecule has 4 nitrogen and oxygen atoms in total. The molecule has 0 spiro atoms. The first-order chi connectivity index (χ1) is 9.63. The summed E-state index contributed by atoms with van der Waals surface area (Å²) in [6.45, 7) is 8.09. The van der Waals surface area contributed by atoms with Gasteiger partial charge in [-0.05, 0) is 43.1 Å². The van der Waals surface area contributed by atoms with Crippen LogP contribution in [-0.2, 0) is 6.54 Å². The standard InChI is InChI=1S/C16H21N3O/c1-12(2)10-17-11-14-7-8-16(19-18-14)20-15-6-4-5-13(3)9-15/h4-9,12,17H,10-11H2,1-3H3. The van der Waals surface area contributed by atoms with Gasteiger partial charge in [-0.2, -0.15) is 5.10 Å². The molecule has 0 unspecified atom stereocenters. The predicted molar refractivity (Wildman–Crippen MR) is 79.8 cm³/mol. The predicted octanol–water partition coefficient (Wildman–Crippen LogP) is 3.32. The third-order valence-corrected chi connectivity index (χ3v) is 2.77. The van der Waals surface area contributed by atoms with E-state index in [4.69, 9.17) is 4.74 Å². The van der Waals surface area contributed by atoms with Crippen molar-refractivity contribution >= 4 is 0 Å². The molecule has 0 fully saturated rings. The highest BCUT2D eigenvalue weighted by Gasteiger charge is 2.01. The Morgan fingerprint density at radius 2 is 2.00 bits per heavy atom. The third kappa shape index (κ3) is 4.63. The number of ether oxygens (including phenoxy) is 1. The lowest BCUT2D eigenvalue weighted by atomic mass is 10.2. The molecule has 1 aromatic carbocycles. The van der Waals surface area contributed by atoms with Gasteiger partial charge in [-0.25, -0.2) is 0 Å². The molecule has 0 bridgehead atoms. The molecular formula is C16H21N3O. The number of benzene rings is 1. The fourth-order valence-corrected chi connectivity index (χ4v) is 1.78. The van der Waals surface area contributed by atoms with Gasteiger partial charge in [-0.15, -0.1) is 5.10 Å². The number of rotatable bonds is 6. The second-order valence-electron chi connectivity index (χ2n) is 5.31. The average Bonchev–Trinajstić information content (AvgIpc) is 2.40. The molecule has 0 atom stereocenters. The van der Waals surface area contributed by atoms with Crippen LogP contribution in [0.3, 0.4) is 0 Å². The molecule has 2 aromatic rings. The van der Waals surface area contributed by atoms with Gasteiger partial charge in [0.15, 0.2) is 0 Å². The number of nitrogens with zero attached hydrogens (tertiary/aromatic N) is 2. The van der Waals surface area contributed by atoms with Crippen LogP contribution in [0.5, 0.6) is 11.6 Å². The van der Waals surface area contributed by atoms with Crippen molar-refractivity contribution in [2.45, 2.75) is 27.3 Å². The molecule has 2 rings (SSSR count). The molecule has 1 aromatic heterocycles. The molecule has 0 aliphatic carbocycles. The Balaban J connectivity index is 1.91. The maximum atomic E-state index is 5.66. The van der Waals surface area contributed by atoms with E-state index in [1.54, 1.807) is 0 Å². The van der Waals surface area contributed by atoms with E-state index < -0.39 is 0 Å². The summed E-state index contributed by atoms with van der Waals surface area (Å²) in [5.74, 6) is 1.93. The minimum Gasteiger partial charge on any atom is -0.438 e. The highest BCUT2D eigenvalue weighted by atomic mass is 16.5. The van der Waals surface area contributed by atoms with E-state index in [1.165, 1.54) is 0 Å². The van der Waals surface area contributed by atoms with Gasteiger partial charge in [-0.3, -0.25) is 0 Å². The summed E-state index contributed by atoms with van der Waals surface area (Å²) >= 11 is 0. The van der Waals surface area contributed by atoms with Crippen LogP contribution in [0.25, 0.3) is 0 Å². The Bertz CT molecular complexity index is 538. The minimum atomic E-state index is 0.517. The Morgan fingerprint density at radius 1 is 1.15 bits per heavy atom. The van der Waals surface area contributed by atoms with E-state index in [2.05, 4.69) is 29.4 Å². The summed E-state index contributed by atoms with van der Waals surface area (Å²) in [5, 5.41) is 11.6. The highest BCUT2D eigenvalue weighted by molar-refractivity contribution is 5.30. The summed E-state index contributed by atoms with van der Waals surface area (Å²) in [6, 6.07) is 11.7. The van der Waals surface area contributed by atoms with Gasteiger partial charge in [-0.1, -0.05) is 26.0 Å². The largest absolute Gasteiger partial charge is 0.438 e. The number of aryl methyl sites for hydroxylation is 1. The van der Waals surface area contributed by atoms with E-state index in [9.17, 15) is 0 Å². The molecule has 106 valence electrons. The first-order valence-electron chi connectivity index (χ1n) is 6.91. The van der Waals surface area contributed by atoms with Gasteiger partial charge in [0.25, 0.3) is 0 Å². The van der Waals surface area contributed by atoms with Gasteiger partial charge < -0.3 is 10.1 Å². The third-order valence-electron chi connectivity index (χ3n) is 2.77. The summed E-state index contributed by atoms with van der Waals surface area (Å²) in [4.78, 5) is 0. The molecule has 0 aliphatic rings. The summed E-state index contributed by atoms with van der Waals surface area (Å²) < 4.78 is 5.66. The zero-order valence-electron chi connectivity index (χ0n) is 12.3. The first kappa shape index (κ1) is 14.5. The van der Waals surface area contributed by atoms with Crippen molar-refractivity contribution < 1.29 is 4.74 Å². The number of nitrogens with one attached hydrogen (secondary N) is 1. The zero-order valence-corrected chi connectivity index (χ0v) is 12.3. The van der Waals surface area contributed by atoms with Crippen molar-refractivity contribution in [3.05, 3.63) is 47.7 Å². The normalized spacial score (nSPS) is 10.8. The lowest BCUT2D eigenvalue weighted by Crippen LogP contribution is -2.19. The van der Waals surface area contributed by atoms with Crippen molar-refractivity contribution in [1.29, 1.82) is 0 Å². The van der Waals surface area contributed by atoms with Crippen LogP contribution < -0.4 is 10.1 Å². The van der Waals surface area contributed by atoms with Crippen molar-refractivity contribution in [2.24, 2.45) is 5.92 Å². The highest BCUT2D eigenvalue weighted by Crippen LogP contribution is 2.19. The molecule has 1 heterocycles. The van der Waals surface area contributed by atoms with Gasteiger partial charge in [0, 0.05) is 12.6 Å². The molecule has 20 heavy (non-hydrogen) atoms. The number of aromatic nitrogens is 2. The summed E-state index contributed by atoms with van der Waals surface area (Å²) in [7, 11) is 0. The van der Waals surface area contributed by atoms with Crippen LogP contribution in [0, 0.1) is 12.8 Å². The topological polar surface area (TPSA) is 47.0 Å². The molecule has 0 aliphatic heterocycles. The fraction of sp³-hybridized carbons (Fsp3) is 0.375. The van der Waals surface area contributed by atoms with Crippen LogP contribution in [-0.4, -0.2) is 16.7 Å². The maximum Gasteiger partial charge on any atom is 0.238 e. The minimum absolute atomic E-state index is 0.517. The van der Waals surface area contributed by atoms with Gasteiger partial charge in [0.2, 0.25) is 5.88 Å². The Kier molecular flexibility index (Phi) is 5.07. The van der Waals surface area contributed by atoms with Crippen LogP contribution >= 0.6 is 0 Å². The van der Waals surface area contributed by atoms with E-state index in [-0.39, 0.29) is 0 Å². The molecule has 0 saturated heterocycles. The molecule has 1 N–H and O–H groups in total. The second-order valence-corrected chi connectivity index (χ2v) is 5.31. The van der Waals surface area contributed by atoms with Crippen LogP contribution in [0.1, 0.15) is 25.1 Å². The number of hydrogen-bond acceptors (Lipinski definition) is 4. The summed E-state index contributed by atoms with van der Waals surface area (Å²) in [6.07, 6.45) is 0. The van der Waals surface area contributed by atoms with Crippen molar-refractivity contribution in [3.8, 4) is 11.6 Å². The first-order valence-corrected chi connectivity index (χ1v) is 6.91. The number of hydrogen-bond donors (Lipinski definition) is 1. The molecule has 0 amide bonds. The molecule has 0 radical (unpaired) electrons. The van der Waals surface area contributed by atoms with Crippen molar-refractivity contribution in [1.82, 2.24) is 15.5 Å². The lowest BCUT2D eigenvalue weighted by molar-refractivity contribution is 0.452. The van der Waals surface area contributed by atoms with Gasteiger partial charge in [0.1, 0.15) is 5.75 Å². The van der Waals surface area contributed by atoms with Crippen LogP contribution in [0.15, 0.2) is 36.4 Å².